The smallest absolute Gasteiger partial charge is 0.271 e. The Morgan fingerprint density at radius 3 is 3.17 bits per heavy atom. The van der Waals surface area contributed by atoms with Gasteiger partial charge in [-0.25, -0.2) is 0 Å². The van der Waals surface area contributed by atoms with Crippen LogP contribution in [0.3, 0.4) is 0 Å². The molecule has 0 radical (unpaired) electrons. The Morgan fingerprint density at radius 1 is 1.67 bits per heavy atom. The molecule has 0 spiro atoms. The molecule has 1 unspecified atom stereocenters. The Kier molecular flexibility index (Phi) is 4.36. The number of aromatic amines is 1. The van der Waals surface area contributed by atoms with Gasteiger partial charge in [-0.2, -0.15) is 5.10 Å². The molecular weight excluding hydrogens is 228 g/mol. The molecule has 5 heteroatoms. The minimum atomic E-state index is 0.0711. The monoisotopic (exact) mass is 250 g/mol. The summed E-state index contributed by atoms with van der Waals surface area (Å²) in [5.74, 6) is 0.634. The lowest BCUT2D eigenvalue weighted by Gasteiger charge is -2.33. The van der Waals surface area contributed by atoms with E-state index in [2.05, 4.69) is 29.4 Å². The maximum Gasteiger partial charge on any atom is 0.271 e. The standard InChI is InChI=1S/C13H22N4O/c1-10(2)14-8-11-4-3-7-17(9-11)13(18)12-5-6-15-16-12/h5-6,10-11,14H,3-4,7-9H2,1-2H3,(H,15,16). The number of likely N-dealkylation sites (tertiary alicyclic amines) is 1. The molecule has 0 saturated carbocycles. The Labute approximate surface area is 108 Å². The molecule has 1 aromatic heterocycles. The van der Waals surface area contributed by atoms with Crippen LogP contribution in [-0.4, -0.2) is 46.7 Å². The van der Waals surface area contributed by atoms with Crippen molar-refractivity contribution in [1.82, 2.24) is 20.4 Å². The van der Waals surface area contributed by atoms with Crippen LogP contribution < -0.4 is 5.32 Å². The molecule has 1 saturated heterocycles. The van der Waals surface area contributed by atoms with Gasteiger partial charge in [-0.1, -0.05) is 13.8 Å². The lowest BCUT2D eigenvalue weighted by Crippen LogP contribution is -2.43. The number of nitrogens with zero attached hydrogens (tertiary/aromatic N) is 2. The highest BCUT2D eigenvalue weighted by Gasteiger charge is 2.24. The number of hydrogen-bond acceptors (Lipinski definition) is 3. The molecule has 18 heavy (non-hydrogen) atoms. The van der Waals surface area contributed by atoms with Crippen molar-refractivity contribution in [1.29, 1.82) is 0 Å². The van der Waals surface area contributed by atoms with Crippen molar-refractivity contribution in [3.8, 4) is 0 Å². The topological polar surface area (TPSA) is 61.0 Å². The van der Waals surface area contributed by atoms with Crippen LogP contribution in [0.15, 0.2) is 12.3 Å². The molecule has 0 bridgehead atoms. The molecular formula is C13H22N4O. The number of amides is 1. The number of nitrogens with one attached hydrogen (secondary N) is 2. The van der Waals surface area contributed by atoms with Gasteiger partial charge in [0.25, 0.3) is 5.91 Å². The van der Waals surface area contributed by atoms with E-state index in [9.17, 15) is 4.79 Å². The summed E-state index contributed by atoms with van der Waals surface area (Å²) in [7, 11) is 0. The molecule has 1 aromatic rings. The zero-order chi connectivity index (χ0) is 13.0. The van der Waals surface area contributed by atoms with E-state index in [1.807, 2.05) is 4.90 Å². The first kappa shape index (κ1) is 13.1. The average Bonchev–Trinajstić information content (AvgIpc) is 2.89. The fourth-order valence-electron chi connectivity index (χ4n) is 2.36. The van der Waals surface area contributed by atoms with Crippen LogP contribution in [0.5, 0.6) is 0 Å². The molecule has 2 heterocycles. The largest absolute Gasteiger partial charge is 0.337 e. The van der Waals surface area contributed by atoms with Crippen molar-refractivity contribution < 1.29 is 4.79 Å². The van der Waals surface area contributed by atoms with Gasteiger partial charge in [-0.15, -0.1) is 0 Å². The van der Waals surface area contributed by atoms with E-state index in [4.69, 9.17) is 0 Å². The molecule has 2 N–H and O–H groups in total. The third kappa shape index (κ3) is 3.32. The Balaban J connectivity index is 1.88. The highest BCUT2D eigenvalue weighted by Crippen LogP contribution is 2.17. The molecule has 1 amide bonds. The summed E-state index contributed by atoms with van der Waals surface area (Å²) in [5.41, 5.74) is 0.590. The molecule has 1 atom stereocenters. The van der Waals surface area contributed by atoms with Crippen molar-refractivity contribution in [2.24, 2.45) is 5.92 Å². The van der Waals surface area contributed by atoms with Crippen LogP contribution in [0.25, 0.3) is 0 Å². The van der Waals surface area contributed by atoms with Gasteiger partial charge in [0.05, 0.1) is 0 Å². The highest BCUT2D eigenvalue weighted by atomic mass is 16.2. The lowest BCUT2D eigenvalue weighted by atomic mass is 9.97. The summed E-state index contributed by atoms with van der Waals surface area (Å²) in [4.78, 5) is 14.1. The average molecular weight is 250 g/mol. The van der Waals surface area contributed by atoms with Gasteiger partial charge < -0.3 is 10.2 Å². The van der Waals surface area contributed by atoms with Crippen molar-refractivity contribution in [2.45, 2.75) is 32.7 Å². The minimum absolute atomic E-state index is 0.0711. The van der Waals surface area contributed by atoms with Gasteiger partial charge >= 0.3 is 0 Å². The maximum atomic E-state index is 12.2. The zero-order valence-electron chi connectivity index (χ0n) is 11.1. The summed E-state index contributed by atoms with van der Waals surface area (Å²) in [6.45, 7) is 6.99. The predicted molar refractivity (Wildman–Crippen MR) is 70.4 cm³/mol. The molecule has 1 aliphatic rings. The van der Waals surface area contributed by atoms with Gasteiger partial charge in [-0.3, -0.25) is 9.89 Å². The van der Waals surface area contributed by atoms with Gasteiger partial charge in [0, 0.05) is 25.3 Å². The van der Waals surface area contributed by atoms with Crippen LogP contribution in [0, 0.1) is 5.92 Å². The Hall–Kier alpha value is -1.36. The minimum Gasteiger partial charge on any atom is -0.337 e. The zero-order valence-corrected chi connectivity index (χ0v) is 11.1. The van der Waals surface area contributed by atoms with E-state index in [1.54, 1.807) is 12.3 Å². The Bertz CT molecular complexity index is 374. The van der Waals surface area contributed by atoms with Crippen LogP contribution in [0.1, 0.15) is 37.2 Å². The number of hydrogen-bond donors (Lipinski definition) is 2. The van der Waals surface area contributed by atoms with Crippen LogP contribution >= 0.6 is 0 Å². The van der Waals surface area contributed by atoms with E-state index in [0.717, 1.165) is 26.1 Å². The first-order valence-electron chi connectivity index (χ1n) is 6.69. The third-order valence-corrected chi connectivity index (χ3v) is 3.35. The molecule has 1 aliphatic heterocycles. The van der Waals surface area contributed by atoms with Crippen LogP contribution in [-0.2, 0) is 0 Å². The predicted octanol–water partition coefficient (Wildman–Crippen LogP) is 1.26. The Morgan fingerprint density at radius 2 is 2.50 bits per heavy atom. The number of carbonyl (C=O) groups is 1. The SMILES string of the molecule is CC(C)NCC1CCCN(C(=O)c2ccn[nH]2)C1. The van der Waals surface area contributed by atoms with E-state index < -0.39 is 0 Å². The van der Waals surface area contributed by atoms with Crippen LogP contribution in [0.4, 0.5) is 0 Å². The second-order valence-corrected chi connectivity index (χ2v) is 5.29. The van der Waals surface area contributed by atoms with Gasteiger partial charge in [0.1, 0.15) is 5.69 Å². The number of H-pyrrole nitrogens is 1. The second kappa shape index (κ2) is 6.00. The first-order valence-corrected chi connectivity index (χ1v) is 6.69. The highest BCUT2D eigenvalue weighted by molar-refractivity contribution is 5.92. The van der Waals surface area contributed by atoms with E-state index in [-0.39, 0.29) is 5.91 Å². The molecule has 5 nitrogen and oxygen atoms in total. The molecule has 0 aromatic carbocycles. The fourth-order valence-corrected chi connectivity index (χ4v) is 2.36. The summed E-state index contributed by atoms with van der Waals surface area (Å²) < 4.78 is 0. The second-order valence-electron chi connectivity index (χ2n) is 5.29. The molecule has 0 aliphatic carbocycles. The van der Waals surface area contributed by atoms with Gasteiger partial charge in [-0.05, 0) is 31.4 Å². The van der Waals surface area contributed by atoms with Gasteiger partial charge in [0.15, 0.2) is 0 Å². The normalized spacial score (nSPS) is 20.4. The van der Waals surface area contributed by atoms with Crippen LogP contribution in [0.2, 0.25) is 0 Å². The summed E-state index contributed by atoms with van der Waals surface area (Å²) in [6, 6.07) is 2.24. The van der Waals surface area contributed by atoms with Crippen molar-refractivity contribution in [2.75, 3.05) is 19.6 Å². The number of aromatic nitrogens is 2. The van der Waals surface area contributed by atoms with Crippen molar-refractivity contribution in [3.05, 3.63) is 18.0 Å². The van der Waals surface area contributed by atoms with E-state index in [0.29, 0.717) is 17.7 Å². The summed E-state index contributed by atoms with van der Waals surface area (Å²) in [6.07, 6.45) is 3.91. The van der Waals surface area contributed by atoms with Crippen molar-refractivity contribution >= 4 is 5.91 Å². The quantitative estimate of drug-likeness (QED) is 0.845. The molecule has 2 rings (SSSR count). The molecule has 1 fully saturated rings. The van der Waals surface area contributed by atoms with Gasteiger partial charge in [0.2, 0.25) is 0 Å². The molecule has 100 valence electrons. The van der Waals surface area contributed by atoms with E-state index >= 15 is 0 Å². The number of rotatable bonds is 4. The number of piperidine rings is 1. The van der Waals surface area contributed by atoms with Crippen molar-refractivity contribution in [3.63, 3.8) is 0 Å². The van der Waals surface area contributed by atoms with E-state index in [1.165, 1.54) is 6.42 Å². The lowest BCUT2D eigenvalue weighted by molar-refractivity contribution is 0.0666. The summed E-state index contributed by atoms with van der Waals surface area (Å²) in [5, 5.41) is 10.0. The summed E-state index contributed by atoms with van der Waals surface area (Å²) >= 11 is 0. The number of carbonyl (C=O) groups excluding carboxylic acids is 1. The fraction of sp³-hybridized carbons (Fsp3) is 0.692. The third-order valence-electron chi connectivity index (χ3n) is 3.35. The maximum absolute atomic E-state index is 12.2. The first-order chi connectivity index (χ1) is 8.66.